The van der Waals surface area contributed by atoms with Crippen molar-refractivity contribution >= 4 is 23.6 Å². The standard InChI is InChI=1S/C14H15FN4O4S/c1-9(20)23-6-5-22-8-19-14(17-13(18-19)12(16)21)24-11-4-2-3-10(15)7-11/h2-4,7H,5-6,8H2,1H3,(H2,16,21). The zero-order valence-corrected chi connectivity index (χ0v) is 13.6. The smallest absolute Gasteiger partial charge is 0.302 e. The topological polar surface area (TPSA) is 109 Å². The van der Waals surface area contributed by atoms with Crippen molar-refractivity contribution in [3.8, 4) is 0 Å². The van der Waals surface area contributed by atoms with Gasteiger partial charge in [0, 0.05) is 11.8 Å². The number of hydrogen-bond donors (Lipinski definition) is 1. The summed E-state index contributed by atoms with van der Waals surface area (Å²) in [7, 11) is 0. The van der Waals surface area contributed by atoms with E-state index in [1.165, 1.54) is 23.7 Å². The summed E-state index contributed by atoms with van der Waals surface area (Å²) in [5, 5.41) is 4.27. The average molecular weight is 354 g/mol. The lowest BCUT2D eigenvalue weighted by Crippen LogP contribution is -2.15. The molecule has 0 spiro atoms. The molecule has 0 bridgehead atoms. The Morgan fingerprint density at radius 3 is 2.83 bits per heavy atom. The fraction of sp³-hybridized carbons (Fsp3) is 0.286. The number of halogens is 1. The van der Waals surface area contributed by atoms with E-state index in [4.69, 9.17) is 15.2 Å². The number of aromatic nitrogens is 3. The highest BCUT2D eigenvalue weighted by molar-refractivity contribution is 7.99. The van der Waals surface area contributed by atoms with Crippen LogP contribution in [0.25, 0.3) is 0 Å². The van der Waals surface area contributed by atoms with Crippen LogP contribution in [0.4, 0.5) is 4.39 Å². The van der Waals surface area contributed by atoms with Crippen LogP contribution in [0.2, 0.25) is 0 Å². The molecule has 24 heavy (non-hydrogen) atoms. The number of benzene rings is 1. The zero-order chi connectivity index (χ0) is 17.5. The predicted octanol–water partition coefficient (Wildman–Crippen LogP) is 1.20. The van der Waals surface area contributed by atoms with E-state index >= 15 is 0 Å². The summed E-state index contributed by atoms with van der Waals surface area (Å²) in [4.78, 5) is 26.5. The van der Waals surface area contributed by atoms with Gasteiger partial charge in [0.2, 0.25) is 5.82 Å². The van der Waals surface area contributed by atoms with Crippen LogP contribution in [0.1, 0.15) is 17.5 Å². The normalized spacial score (nSPS) is 10.6. The average Bonchev–Trinajstić information content (AvgIpc) is 2.90. The number of nitrogens with zero attached hydrogens (tertiary/aromatic N) is 3. The van der Waals surface area contributed by atoms with Gasteiger partial charge in [0.05, 0.1) is 6.61 Å². The molecule has 1 aromatic carbocycles. The maximum Gasteiger partial charge on any atom is 0.302 e. The summed E-state index contributed by atoms with van der Waals surface area (Å²) in [5.74, 6) is -1.75. The first-order valence-electron chi connectivity index (χ1n) is 6.85. The summed E-state index contributed by atoms with van der Waals surface area (Å²) < 4.78 is 24.6. The first kappa shape index (κ1) is 17.9. The molecule has 2 aromatic rings. The van der Waals surface area contributed by atoms with Crippen molar-refractivity contribution in [3.63, 3.8) is 0 Å². The Morgan fingerprint density at radius 2 is 2.17 bits per heavy atom. The number of carbonyl (C=O) groups excluding carboxylic acids is 2. The van der Waals surface area contributed by atoms with E-state index in [-0.39, 0.29) is 31.6 Å². The van der Waals surface area contributed by atoms with Gasteiger partial charge in [-0.3, -0.25) is 9.59 Å². The molecule has 2 rings (SSSR count). The highest BCUT2D eigenvalue weighted by atomic mass is 32.2. The third kappa shape index (κ3) is 5.32. The van der Waals surface area contributed by atoms with Crippen LogP contribution in [0.5, 0.6) is 0 Å². The zero-order valence-electron chi connectivity index (χ0n) is 12.8. The van der Waals surface area contributed by atoms with Crippen molar-refractivity contribution in [3.05, 3.63) is 35.9 Å². The van der Waals surface area contributed by atoms with E-state index < -0.39 is 11.9 Å². The van der Waals surface area contributed by atoms with Gasteiger partial charge in [-0.1, -0.05) is 6.07 Å². The van der Waals surface area contributed by atoms with Crippen LogP contribution < -0.4 is 5.73 Å². The third-order valence-electron chi connectivity index (χ3n) is 2.61. The van der Waals surface area contributed by atoms with Gasteiger partial charge < -0.3 is 15.2 Å². The molecule has 0 saturated carbocycles. The molecule has 128 valence electrons. The van der Waals surface area contributed by atoms with Gasteiger partial charge in [-0.05, 0) is 30.0 Å². The first-order valence-corrected chi connectivity index (χ1v) is 7.66. The van der Waals surface area contributed by atoms with Crippen LogP contribution in [0.3, 0.4) is 0 Å². The van der Waals surface area contributed by atoms with Gasteiger partial charge in [0.15, 0.2) is 5.16 Å². The van der Waals surface area contributed by atoms with Gasteiger partial charge in [0.1, 0.15) is 19.2 Å². The van der Waals surface area contributed by atoms with Gasteiger partial charge in [-0.15, -0.1) is 5.10 Å². The number of nitrogens with two attached hydrogens (primary N) is 1. The Morgan fingerprint density at radius 1 is 1.38 bits per heavy atom. The first-order chi connectivity index (χ1) is 11.5. The Balaban J connectivity index is 2.05. The fourth-order valence-corrected chi connectivity index (χ4v) is 2.48. The second kappa shape index (κ2) is 8.41. The van der Waals surface area contributed by atoms with Gasteiger partial charge in [-0.2, -0.15) is 4.98 Å². The second-order valence-electron chi connectivity index (χ2n) is 4.52. The van der Waals surface area contributed by atoms with Gasteiger partial charge in [-0.25, -0.2) is 9.07 Å². The summed E-state index contributed by atoms with van der Waals surface area (Å²) in [5.41, 5.74) is 5.18. The molecule has 1 heterocycles. The number of esters is 1. The molecule has 2 N–H and O–H groups in total. The SMILES string of the molecule is CC(=O)OCCOCn1nc(C(N)=O)nc1Sc1cccc(F)c1. The minimum absolute atomic E-state index is 0.0286. The summed E-state index contributed by atoms with van der Waals surface area (Å²) in [6.45, 7) is 1.51. The van der Waals surface area contributed by atoms with Crippen molar-refractivity contribution in [1.29, 1.82) is 0 Å². The lowest BCUT2D eigenvalue weighted by Gasteiger charge is -2.07. The molecule has 1 aromatic heterocycles. The number of amides is 1. The van der Waals surface area contributed by atoms with Gasteiger partial charge in [0.25, 0.3) is 5.91 Å². The molecule has 10 heteroatoms. The van der Waals surface area contributed by atoms with Crippen LogP contribution in [0, 0.1) is 5.82 Å². The number of hydrogen-bond acceptors (Lipinski definition) is 7. The number of primary amides is 1. The molecule has 0 aliphatic rings. The molecule has 0 atom stereocenters. The van der Waals surface area contributed by atoms with E-state index in [0.29, 0.717) is 10.1 Å². The number of rotatable bonds is 8. The Kier molecular flexibility index (Phi) is 6.27. The highest BCUT2D eigenvalue weighted by Crippen LogP contribution is 2.26. The van der Waals surface area contributed by atoms with Crippen molar-refractivity contribution in [1.82, 2.24) is 14.8 Å². The molecule has 0 fully saturated rings. The molecule has 0 aliphatic heterocycles. The lowest BCUT2D eigenvalue weighted by atomic mass is 10.4. The van der Waals surface area contributed by atoms with Crippen molar-refractivity contribution in [2.24, 2.45) is 5.73 Å². The largest absolute Gasteiger partial charge is 0.463 e. The maximum atomic E-state index is 13.3. The van der Waals surface area contributed by atoms with Crippen LogP contribution >= 0.6 is 11.8 Å². The van der Waals surface area contributed by atoms with E-state index in [1.807, 2.05) is 0 Å². The molecular weight excluding hydrogens is 339 g/mol. The number of carbonyl (C=O) groups is 2. The molecule has 0 unspecified atom stereocenters. The van der Waals surface area contributed by atoms with Gasteiger partial charge >= 0.3 is 5.97 Å². The Labute approximate surface area is 141 Å². The van der Waals surface area contributed by atoms with Crippen molar-refractivity contribution < 1.29 is 23.5 Å². The maximum absolute atomic E-state index is 13.3. The van der Waals surface area contributed by atoms with E-state index in [0.717, 1.165) is 11.8 Å². The summed E-state index contributed by atoms with van der Waals surface area (Å²) in [6.07, 6.45) is 0. The lowest BCUT2D eigenvalue weighted by molar-refractivity contribution is -0.143. The van der Waals surface area contributed by atoms with E-state index in [9.17, 15) is 14.0 Å². The predicted molar refractivity (Wildman–Crippen MR) is 81.6 cm³/mol. The van der Waals surface area contributed by atoms with E-state index in [1.54, 1.807) is 12.1 Å². The van der Waals surface area contributed by atoms with Crippen LogP contribution in [-0.2, 0) is 21.0 Å². The fourth-order valence-electron chi connectivity index (χ4n) is 1.62. The van der Waals surface area contributed by atoms with Crippen molar-refractivity contribution in [2.45, 2.75) is 23.7 Å². The molecule has 8 nitrogen and oxygen atoms in total. The molecule has 1 amide bonds. The summed E-state index contributed by atoms with van der Waals surface area (Å²) >= 11 is 1.11. The molecule has 0 aliphatic carbocycles. The Bertz CT molecular complexity index is 737. The second-order valence-corrected chi connectivity index (χ2v) is 5.56. The van der Waals surface area contributed by atoms with Crippen LogP contribution in [0.15, 0.2) is 34.3 Å². The van der Waals surface area contributed by atoms with Crippen LogP contribution in [-0.4, -0.2) is 39.9 Å². The van der Waals surface area contributed by atoms with E-state index in [2.05, 4.69) is 10.1 Å². The summed E-state index contributed by atoms with van der Waals surface area (Å²) in [6, 6.07) is 5.90. The molecular formula is C14H15FN4O4S. The molecule has 0 radical (unpaired) electrons. The number of ether oxygens (including phenoxy) is 2. The Hall–Kier alpha value is -2.46. The quantitative estimate of drug-likeness (QED) is 0.560. The van der Waals surface area contributed by atoms with Crippen molar-refractivity contribution in [2.75, 3.05) is 13.2 Å². The minimum atomic E-state index is -0.783. The minimum Gasteiger partial charge on any atom is -0.463 e. The highest BCUT2D eigenvalue weighted by Gasteiger charge is 2.15. The monoisotopic (exact) mass is 354 g/mol. The third-order valence-corrected chi connectivity index (χ3v) is 3.58. The molecule has 0 saturated heterocycles.